The van der Waals surface area contributed by atoms with Crippen molar-refractivity contribution in [2.24, 2.45) is 0 Å². The van der Waals surface area contributed by atoms with Gasteiger partial charge in [0, 0.05) is 99.8 Å². The molecule has 0 unspecified atom stereocenters. The van der Waals surface area contributed by atoms with E-state index in [1.807, 2.05) is 73.3 Å². The SMILES string of the molecule is Cc1c(N2CCN(C(=O)OC(C)(C)C)C[C@@H]2C)nc2cc(F)cc(F)c2c1Cl.Cc1c(N2CCN(C(=O)OC(C)(C)C)C[C@@H]2C)nc2cc(F)cc(F)c2c1Nc1cncc(N2CCOCC2)c1. The molecule has 3 aliphatic rings. The van der Waals surface area contributed by atoms with Crippen molar-refractivity contribution in [1.29, 1.82) is 0 Å². The number of ether oxygens (including phenoxy) is 3. The number of aromatic nitrogens is 3. The minimum absolute atomic E-state index is 0.0700. The Morgan fingerprint density at radius 2 is 1.18 bits per heavy atom. The normalized spacial score (nSPS) is 18.1. The van der Waals surface area contributed by atoms with Crippen LogP contribution in [0.5, 0.6) is 0 Å². The van der Waals surface area contributed by atoms with Gasteiger partial charge >= 0.3 is 12.2 Å². The molecule has 1 N–H and O–H groups in total. The molecule has 6 heterocycles. The van der Waals surface area contributed by atoms with E-state index in [-0.39, 0.29) is 51.1 Å². The summed E-state index contributed by atoms with van der Waals surface area (Å²) >= 11 is 6.39. The lowest BCUT2D eigenvalue weighted by molar-refractivity contribution is 0.0208. The van der Waals surface area contributed by atoms with E-state index < -0.39 is 34.5 Å². The molecule has 2 amide bonds. The van der Waals surface area contributed by atoms with Crippen LogP contribution >= 0.6 is 11.6 Å². The van der Waals surface area contributed by atoms with Gasteiger partial charge in [0.15, 0.2) is 0 Å². The molecule has 366 valence electrons. The zero-order valence-corrected chi connectivity index (χ0v) is 41.0. The summed E-state index contributed by atoms with van der Waals surface area (Å²) in [4.78, 5) is 48.2. The lowest BCUT2D eigenvalue weighted by Gasteiger charge is -2.41. The van der Waals surface area contributed by atoms with Gasteiger partial charge in [-0.25, -0.2) is 37.1 Å². The summed E-state index contributed by atoms with van der Waals surface area (Å²) < 4.78 is 73.9. The molecule has 5 aromatic rings. The number of halogens is 5. The number of hydrogen-bond donors (Lipinski definition) is 1. The molecule has 0 spiro atoms. The summed E-state index contributed by atoms with van der Waals surface area (Å²) in [6, 6.07) is 5.89. The van der Waals surface area contributed by atoms with Crippen molar-refractivity contribution < 1.29 is 41.4 Å². The Morgan fingerprint density at radius 1 is 0.691 bits per heavy atom. The molecule has 0 saturated carbocycles. The first-order chi connectivity index (χ1) is 32.0. The van der Waals surface area contributed by atoms with Crippen LogP contribution in [0.25, 0.3) is 21.8 Å². The Bertz CT molecular complexity index is 2690. The molecular formula is C49H60ClF4N9O5. The molecule has 0 aliphatic carbocycles. The molecule has 3 aliphatic heterocycles. The lowest BCUT2D eigenvalue weighted by atomic mass is 10.1. The summed E-state index contributed by atoms with van der Waals surface area (Å²) in [5, 5.41) is 3.91. The number of carbonyl (C=O) groups is 2. The maximum absolute atomic E-state index is 15.3. The van der Waals surface area contributed by atoms with Gasteiger partial charge in [-0.15, -0.1) is 0 Å². The summed E-state index contributed by atoms with van der Waals surface area (Å²) in [5.74, 6) is -1.65. The number of piperazine rings is 2. The van der Waals surface area contributed by atoms with Gasteiger partial charge in [-0.3, -0.25) is 4.98 Å². The Balaban J connectivity index is 0.000000215. The Kier molecular flexibility index (Phi) is 14.7. The molecule has 68 heavy (non-hydrogen) atoms. The third-order valence-corrected chi connectivity index (χ3v) is 12.3. The van der Waals surface area contributed by atoms with E-state index in [2.05, 4.69) is 25.1 Å². The first-order valence-electron chi connectivity index (χ1n) is 22.8. The van der Waals surface area contributed by atoms with Crippen LogP contribution in [0, 0.1) is 37.1 Å². The van der Waals surface area contributed by atoms with Crippen LogP contribution in [0.3, 0.4) is 0 Å². The molecule has 3 saturated heterocycles. The number of rotatable bonds is 5. The van der Waals surface area contributed by atoms with E-state index >= 15 is 4.39 Å². The fraction of sp³-hybridized carbons (Fsp3) is 0.490. The number of anilines is 5. The second kappa shape index (κ2) is 20.0. The van der Waals surface area contributed by atoms with E-state index in [4.69, 9.17) is 30.8 Å². The first-order valence-corrected chi connectivity index (χ1v) is 23.1. The van der Waals surface area contributed by atoms with Crippen molar-refractivity contribution in [3.05, 3.63) is 82.1 Å². The number of nitrogens with one attached hydrogen (secondary N) is 1. The first kappa shape index (κ1) is 50.0. The van der Waals surface area contributed by atoms with Crippen LogP contribution in [0.15, 0.2) is 42.7 Å². The van der Waals surface area contributed by atoms with Crippen LogP contribution in [0.1, 0.15) is 66.5 Å². The lowest BCUT2D eigenvalue weighted by Crippen LogP contribution is -2.55. The highest BCUT2D eigenvalue weighted by atomic mass is 35.5. The maximum Gasteiger partial charge on any atom is 0.410 e. The van der Waals surface area contributed by atoms with Gasteiger partial charge < -0.3 is 44.0 Å². The van der Waals surface area contributed by atoms with Gasteiger partial charge in [0.1, 0.15) is 46.1 Å². The van der Waals surface area contributed by atoms with Crippen LogP contribution in [-0.2, 0) is 14.2 Å². The molecule has 3 fully saturated rings. The minimum Gasteiger partial charge on any atom is -0.444 e. The zero-order valence-electron chi connectivity index (χ0n) is 40.3. The predicted molar refractivity (Wildman–Crippen MR) is 258 cm³/mol. The van der Waals surface area contributed by atoms with Crippen LogP contribution in [-0.4, -0.2) is 126 Å². The molecule has 3 aromatic heterocycles. The molecule has 8 rings (SSSR count). The zero-order chi connectivity index (χ0) is 49.4. The number of pyridine rings is 3. The average Bonchev–Trinajstić information content (AvgIpc) is 3.25. The standard InChI is InChI=1S/C29H36F2N6O3.C20H24ClF2N3O2/c1-18-17-36(28(38)40-29(3,4)5)6-7-37(18)27-19(2)26(25-23(31)12-20(30)13-24(25)34-27)33-21-14-22(16-32-15-21)35-8-10-39-11-9-35;1-11-10-25(19(27)28-20(3,4)5)6-7-26(11)18-12(2)17(21)16-14(23)8-13(22)9-15(16)24-18/h12-16,18H,6-11,17H2,1-5H3,(H,33,34);8-9,11H,6-7,10H2,1-5H3/t18-;11-/m00/s1. The van der Waals surface area contributed by atoms with Crippen molar-refractivity contribution in [2.45, 2.75) is 92.5 Å². The molecule has 14 nitrogen and oxygen atoms in total. The number of carbonyl (C=O) groups excluding carboxylic acids is 2. The summed E-state index contributed by atoms with van der Waals surface area (Å²) in [6.07, 6.45) is 2.76. The number of benzene rings is 2. The van der Waals surface area contributed by atoms with Gasteiger partial charge in [-0.05, 0) is 75.3 Å². The minimum atomic E-state index is -0.732. The van der Waals surface area contributed by atoms with Crippen molar-refractivity contribution in [1.82, 2.24) is 24.8 Å². The van der Waals surface area contributed by atoms with E-state index in [0.29, 0.717) is 86.6 Å². The van der Waals surface area contributed by atoms with Gasteiger partial charge in [0.05, 0.1) is 69.5 Å². The second-order valence-corrected chi connectivity index (χ2v) is 19.8. The molecule has 0 radical (unpaired) electrons. The Hall–Kier alpha value is -5.88. The van der Waals surface area contributed by atoms with Crippen LogP contribution < -0.4 is 20.0 Å². The maximum atomic E-state index is 15.3. The monoisotopic (exact) mass is 965 g/mol. The number of amides is 2. The smallest absolute Gasteiger partial charge is 0.410 e. The summed E-state index contributed by atoms with van der Waals surface area (Å²) in [6.45, 7) is 24.2. The molecule has 2 atom stereocenters. The predicted octanol–water partition coefficient (Wildman–Crippen LogP) is 10.2. The fourth-order valence-electron chi connectivity index (χ4n) is 8.62. The number of hydrogen-bond acceptors (Lipinski definition) is 12. The Morgan fingerprint density at radius 3 is 1.68 bits per heavy atom. The van der Waals surface area contributed by atoms with Gasteiger partial charge in [-0.1, -0.05) is 11.6 Å². The van der Waals surface area contributed by atoms with E-state index in [1.165, 1.54) is 12.1 Å². The third-order valence-electron chi connectivity index (χ3n) is 11.8. The van der Waals surface area contributed by atoms with Crippen molar-refractivity contribution in [3.63, 3.8) is 0 Å². The quantitative estimate of drug-likeness (QED) is 0.168. The average molecular weight is 967 g/mol. The highest BCUT2D eigenvalue weighted by molar-refractivity contribution is 6.36. The molecule has 2 aromatic carbocycles. The molecular weight excluding hydrogens is 906 g/mol. The highest BCUT2D eigenvalue weighted by Crippen LogP contribution is 2.39. The second-order valence-electron chi connectivity index (χ2n) is 19.5. The summed E-state index contributed by atoms with van der Waals surface area (Å²) in [5.41, 5.74) is 2.68. The van der Waals surface area contributed by atoms with E-state index in [9.17, 15) is 22.8 Å². The molecule has 0 bridgehead atoms. The largest absolute Gasteiger partial charge is 0.444 e. The van der Waals surface area contributed by atoms with Crippen molar-refractivity contribution in [3.8, 4) is 0 Å². The number of morpholine rings is 1. The third kappa shape index (κ3) is 11.3. The number of fused-ring (bicyclic) bond motifs is 2. The van der Waals surface area contributed by atoms with Gasteiger partial charge in [-0.2, -0.15) is 0 Å². The summed E-state index contributed by atoms with van der Waals surface area (Å²) in [7, 11) is 0. The van der Waals surface area contributed by atoms with Gasteiger partial charge in [0.2, 0.25) is 0 Å². The fourth-order valence-corrected chi connectivity index (χ4v) is 8.89. The Labute approximate surface area is 399 Å². The van der Waals surface area contributed by atoms with E-state index in [0.717, 1.165) is 30.9 Å². The van der Waals surface area contributed by atoms with Crippen molar-refractivity contribution >= 4 is 74.3 Å². The van der Waals surface area contributed by atoms with Crippen LogP contribution in [0.4, 0.5) is 55.8 Å². The molecule has 19 heteroatoms. The van der Waals surface area contributed by atoms with E-state index in [1.54, 1.807) is 29.1 Å². The topological polar surface area (TPSA) is 129 Å². The highest BCUT2D eigenvalue weighted by Gasteiger charge is 2.34. The van der Waals surface area contributed by atoms with Crippen molar-refractivity contribution in [2.75, 3.05) is 85.6 Å². The van der Waals surface area contributed by atoms with Gasteiger partial charge in [0.25, 0.3) is 0 Å². The number of nitrogens with zero attached hydrogens (tertiary/aromatic N) is 8. The van der Waals surface area contributed by atoms with Crippen LogP contribution in [0.2, 0.25) is 5.02 Å².